The number of hydrogen-bond donors (Lipinski definition) is 2. The van der Waals surface area contributed by atoms with Crippen LogP contribution in [0.3, 0.4) is 0 Å². The van der Waals surface area contributed by atoms with Crippen LogP contribution < -0.4 is 24.2 Å². The van der Waals surface area contributed by atoms with Gasteiger partial charge in [0.25, 0.3) is 15.9 Å². The van der Waals surface area contributed by atoms with Crippen molar-refractivity contribution < 1.29 is 27.4 Å². The van der Waals surface area contributed by atoms with Crippen LogP contribution in [0.5, 0.6) is 17.2 Å². The molecule has 3 aromatic carbocycles. The van der Waals surface area contributed by atoms with E-state index in [9.17, 15) is 13.2 Å². The number of nitrogens with one attached hydrogen (secondary N) is 2. The highest BCUT2D eigenvalue weighted by atomic mass is 32.2. The molecule has 0 saturated heterocycles. The number of benzene rings is 3. The van der Waals surface area contributed by atoms with E-state index in [2.05, 4.69) is 10.0 Å². The minimum absolute atomic E-state index is 0.122. The normalized spacial score (nSPS) is 10.8. The summed E-state index contributed by atoms with van der Waals surface area (Å²) in [5, 5.41) is 2.69. The molecule has 0 atom stereocenters. The van der Waals surface area contributed by atoms with Crippen LogP contribution in [0.1, 0.15) is 10.4 Å². The zero-order valence-electron chi connectivity index (χ0n) is 17.2. The van der Waals surface area contributed by atoms with Gasteiger partial charge >= 0.3 is 0 Å². The van der Waals surface area contributed by atoms with Gasteiger partial charge in [0.05, 0.1) is 26.9 Å². The molecule has 0 saturated carbocycles. The average molecular weight is 442 g/mol. The van der Waals surface area contributed by atoms with E-state index in [0.29, 0.717) is 22.7 Å². The molecule has 0 aliphatic heterocycles. The van der Waals surface area contributed by atoms with Gasteiger partial charge in [0, 0.05) is 11.4 Å². The van der Waals surface area contributed by atoms with E-state index < -0.39 is 15.9 Å². The number of rotatable bonds is 8. The smallest absolute Gasteiger partial charge is 0.265 e. The first kappa shape index (κ1) is 22.0. The third-order valence-electron chi connectivity index (χ3n) is 4.40. The van der Waals surface area contributed by atoms with Crippen molar-refractivity contribution in [2.75, 3.05) is 31.4 Å². The van der Waals surface area contributed by atoms with E-state index in [0.717, 1.165) is 0 Å². The fourth-order valence-corrected chi connectivity index (χ4v) is 4.12. The maximum atomic E-state index is 13.0. The third-order valence-corrected chi connectivity index (χ3v) is 5.81. The van der Waals surface area contributed by atoms with Crippen LogP contribution in [-0.2, 0) is 10.0 Å². The second-order valence-corrected chi connectivity index (χ2v) is 8.00. The van der Waals surface area contributed by atoms with Crippen LogP contribution in [-0.4, -0.2) is 35.7 Å². The van der Waals surface area contributed by atoms with E-state index in [1.165, 1.54) is 33.5 Å². The lowest BCUT2D eigenvalue weighted by atomic mass is 10.2. The molecule has 0 spiro atoms. The molecule has 1 amide bonds. The van der Waals surface area contributed by atoms with Gasteiger partial charge in [0.1, 0.15) is 22.1 Å². The fraction of sp³-hybridized carbons (Fsp3) is 0.136. The first-order chi connectivity index (χ1) is 14.9. The van der Waals surface area contributed by atoms with Crippen LogP contribution in [0, 0.1) is 0 Å². The molecule has 0 heterocycles. The topological polar surface area (TPSA) is 103 Å². The molecule has 0 radical (unpaired) electrons. The highest BCUT2D eigenvalue weighted by molar-refractivity contribution is 7.92. The van der Waals surface area contributed by atoms with E-state index in [4.69, 9.17) is 14.2 Å². The van der Waals surface area contributed by atoms with E-state index in [1.807, 2.05) is 0 Å². The molecular formula is C22H22N2O6S. The van der Waals surface area contributed by atoms with Gasteiger partial charge in [-0.15, -0.1) is 0 Å². The predicted molar refractivity (Wildman–Crippen MR) is 118 cm³/mol. The maximum absolute atomic E-state index is 13.0. The first-order valence-corrected chi connectivity index (χ1v) is 10.7. The first-order valence-electron chi connectivity index (χ1n) is 9.17. The highest BCUT2D eigenvalue weighted by Gasteiger charge is 2.21. The maximum Gasteiger partial charge on any atom is 0.265 e. The molecule has 3 rings (SSSR count). The highest BCUT2D eigenvalue weighted by Crippen LogP contribution is 2.30. The van der Waals surface area contributed by atoms with Crippen molar-refractivity contribution in [3.63, 3.8) is 0 Å². The number of sulfonamides is 1. The Bertz CT molecular complexity index is 1180. The number of anilines is 2. The minimum atomic E-state index is -4.00. The van der Waals surface area contributed by atoms with E-state index in [1.54, 1.807) is 54.6 Å². The van der Waals surface area contributed by atoms with Gasteiger partial charge in [-0.2, -0.15) is 0 Å². The summed E-state index contributed by atoms with van der Waals surface area (Å²) >= 11 is 0. The monoisotopic (exact) mass is 442 g/mol. The summed E-state index contributed by atoms with van der Waals surface area (Å²) < 4.78 is 44.0. The number of para-hydroxylation sites is 1. The molecule has 0 unspecified atom stereocenters. The van der Waals surface area contributed by atoms with E-state index in [-0.39, 0.29) is 16.3 Å². The lowest BCUT2D eigenvalue weighted by Gasteiger charge is -2.14. The van der Waals surface area contributed by atoms with Crippen LogP contribution in [0.2, 0.25) is 0 Å². The number of carbonyl (C=O) groups excluding carboxylic acids is 1. The van der Waals surface area contributed by atoms with Gasteiger partial charge in [-0.25, -0.2) is 8.42 Å². The van der Waals surface area contributed by atoms with Crippen LogP contribution in [0.4, 0.5) is 11.4 Å². The molecule has 31 heavy (non-hydrogen) atoms. The lowest BCUT2D eigenvalue weighted by molar-refractivity contribution is 0.102. The summed E-state index contributed by atoms with van der Waals surface area (Å²) in [7, 11) is 0.357. The molecule has 0 fully saturated rings. The van der Waals surface area contributed by atoms with Crippen molar-refractivity contribution in [3.8, 4) is 17.2 Å². The largest absolute Gasteiger partial charge is 0.497 e. The van der Waals surface area contributed by atoms with Crippen molar-refractivity contribution in [1.82, 2.24) is 0 Å². The fourth-order valence-electron chi connectivity index (χ4n) is 2.86. The van der Waals surface area contributed by atoms with Crippen molar-refractivity contribution in [2.45, 2.75) is 4.90 Å². The van der Waals surface area contributed by atoms with Gasteiger partial charge in [-0.05, 0) is 54.6 Å². The van der Waals surface area contributed by atoms with Crippen molar-refractivity contribution in [2.24, 2.45) is 0 Å². The van der Waals surface area contributed by atoms with Crippen molar-refractivity contribution >= 4 is 27.3 Å². The third kappa shape index (κ3) is 5.07. The van der Waals surface area contributed by atoms with Crippen molar-refractivity contribution in [1.29, 1.82) is 0 Å². The Morgan fingerprint density at radius 3 is 2.06 bits per heavy atom. The Morgan fingerprint density at radius 2 is 1.42 bits per heavy atom. The summed E-state index contributed by atoms with van der Waals surface area (Å²) in [6, 6.07) is 17.5. The van der Waals surface area contributed by atoms with Gasteiger partial charge in [0.15, 0.2) is 0 Å². The Morgan fingerprint density at radius 1 is 0.774 bits per heavy atom. The Kier molecular flexibility index (Phi) is 6.66. The summed E-state index contributed by atoms with van der Waals surface area (Å²) in [6.07, 6.45) is 0. The Hall–Kier alpha value is -3.72. The number of amides is 1. The number of methoxy groups -OCH3 is 3. The second-order valence-electron chi connectivity index (χ2n) is 6.35. The summed E-state index contributed by atoms with van der Waals surface area (Å²) in [6.45, 7) is 0. The predicted octanol–water partition coefficient (Wildman–Crippen LogP) is 3.77. The molecule has 0 bridgehead atoms. The average Bonchev–Trinajstić information content (AvgIpc) is 2.79. The minimum Gasteiger partial charge on any atom is -0.497 e. The molecule has 0 aromatic heterocycles. The molecule has 2 N–H and O–H groups in total. The van der Waals surface area contributed by atoms with E-state index >= 15 is 0 Å². The molecule has 8 nitrogen and oxygen atoms in total. The van der Waals surface area contributed by atoms with Crippen LogP contribution >= 0.6 is 0 Å². The standard InChI is InChI=1S/C22H22N2O6S/c1-28-17-11-8-15(9-12-17)24-31(26,27)21-14-16(10-13-20(21)30-3)23-22(25)18-6-4-5-7-19(18)29-2/h4-14,24H,1-3H3,(H,23,25). The van der Waals surface area contributed by atoms with Crippen LogP contribution in [0.15, 0.2) is 71.6 Å². The van der Waals surface area contributed by atoms with Gasteiger partial charge in [0.2, 0.25) is 0 Å². The summed E-state index contributed by atoms with van der Waals surface area (Å²) in [4.78, 5) is 12.5. The quantitative estimate of drug-likeness (QED) is 0.551. The molecule has 3 aromatic rings. The molecule has 0 aliphatic rings. The number of hydrogen-bond acceptors (Lipinski definition) is 6. The summed E-state index contributed by atoms with van der Waals surface area (Å²) in [5.41, 5.74) is 0.958. The number of carbonyl (C=O) groups is 1. The Labute approximate surface area is 180 Å². The van der Waals surface area contributed by atoms with Gasteiger partial charge in [-0.3, -0.25) is 9.52 Å². The number of ether oxygens (including phenoxy) is 3. The molecular weight excluding hydrogens is 420 g/mol. The van der Waals surface area contributed by atoms with Gasteiger partial charge < -0.3 is 19.5 Å². The molecule has 9 heteroatoms. The Balaban J connectivity index is 1.89. The lowest BCUT2D eigenvalue weighted by Crippen LogP contribution is -2.16. The zero-order chi connectivity index (χ0) is 22.4. The molecule has 0 aliphatic carbocycles. The second kappa shape index (κ2) is 9.40. The molecule has 162 valence electrons. The summed E-state index contributed by atoms with van der Waals surface area (Å²) in [5.74, 6) is 0.703. The van der Waals surface area contributed by atoms with Crippen LogP contribution in [0.25, 0.3) is 0 Å². The zero-order valence-corrected chi connectivity index (χ0v) is 18.0. The van der Waals surface area contributed by atoms with Gasteiger partial charge in [-0.1, -0.05) is 12.1 Å². The van der Waals surface area contributed by atoms with Crippen molar-refractivity contribution in [3.05, 3.63) is 72.3 Å². The SMILES string of the molecule is COc1ccc(NS(=O)(=O)c2cc(NC(=O)c3ccccc3OC)ccc2OC)cc1.